The highest BCUT2D eigenvalue weighted by Crippen LogP contribution is 2.40. The van der Waals surface area contributed by atoms with Crippen LogP contribution in [0.3, 0.4) is 0 Å². The normalized spacial score (nSPS) is 41.4. The Morgan fingerprint density at radius 3 is 2.50 bits per heavy atom. The zero-order valence-corrected chi connectivity index (χ0v) is 6.37. The molecular formula is C7H14O3. The summed E-state index contributed by atoms with van der Waals surface area (Å²) in [5.41, 5.74) is -0.373. The van der Waals surface area contributed by atoms with E-state index in [1.165, 1.54) is 0 Å². The van der Waals surface area contributed by atoms with Crippen LogP contribution in [0.2, 0.25) is 0 Å². The maximum atomic E-state index is 8.77. The van der Waals surface area contributed by atoms with E-state index in [2.05, 4.69) is 0 Å². The quantitative estimate of drug-likeness (QED) is 0.540. The molecule has 1 fully saturated rings. The molecule has 1 aliphatic rings. The highest BCUT2D eigenvalue weighted by Gasteiger charge is 2.54. The van der Waals surface area contributed by atoms with Crippen molar-refractivity contribution in [1.82, 2.24) is 0 Å². The van der Waals surface area contributed by atoms with Crippen molar-refractivity contribution in [2.24, 2.45) is 5.92 Å². The molecule has 0 spiro atoms. The van der Waals surface area contributed by atoms with Crippen molar-refractivity contribution in [2.45, 2.75) is 25.6 Å². The van der Waals surface area contributed by atoms with E-state index in [-0.39, 0.29) is 30.8 Å². The standard InChI is InChI=1S/C7H14O3/c1-5(3-8)6-7(2,4-9)10-6/h5-6,8-9H,3-4H2,1-2H3. The lowest BCUT2D eigenvalue weighted by molar-refractivity contribution is 0.179. The summed E-state index contributed by atoms with van der Waals surface area (Å²) >= 11 is 0. The Labute approximate surface area is 60.6 Å². The lowest BCUT2D eigenvalue weighted by atomic mass is 9.99. The van der Waals surface area contributed by atoms with Gasteiger partial charge in [0.05, 0.1) is 12.7 Å². The van der Waals surface area contributed by atoms with Gasteiger partial charge in [-0.15, -0.1) is 0 Å². The average molecular weight is 146 g/mol. The van der Waals surface area contributed by atoms with Crippen molar-refractivity contribution < 1.29 is 14.9 Å². The molecule has 0 aliphatic carbocycles. The highest BCUT2D eigenvalue weighted by molar-refractivity contribution is 5.00. The van der Waals surface area contributed by atoms with Crippen LogP contribution in [0.5, 0.6) is 0 Å². The third-order valence-corrected chi connectivity index (χ3v) is 2.06. The minimum absolute atomic E-state index is 0.0437. The van der Waals surface area contributed by atoms with Crippen LogP contribution in [0.4, 0.5) is 0 Å². The molecule has 3 atom stereocenters. The van der Waals surface area contributed by atoms with Crippen molar-refractivity contribution in [2.75, 3.05) is 13.2 Å². The Bertz CT molecular complexity index is 126. The maximum Gasteiger partial charge on any atom is 0.115 e. The van der Waals surface area contributed by atoms with Gasteiger partial charge in [-0.25, -0.2) is 0 Å². The van der Waals surface area contributed by atoms with Crippen LogP contribution in [-0.4, -0.2) is 35.1 Å². The third kappa shape index (κ3) is 1.17. The molecule has 0 saturated carbocycles. The Kier molecular flexibility index (Phi) is 1.99. The molecule has 3 nitrogen and oxygen atoms in total. The summed E-state index contributed by atoms with van der Waals surface area (Å²) in [5, 5.41) is 17.5. The lowest BCUT2D eigenvalue weighted by Gasteiger charge is -2.04. The van der Waals surface area contributed by atoms with E-state index < -0.39 is 0 Å². The topological polar surface area (TPSA) is 53.0 Å². The van der Waals surface area contributed by atoms with Crippen molar-refractivity contribution in [1.29, 1.82) is 0 Å². The van der Waals surface area contributed by atoms with Crippen LogP contribution < -0.4 is 0 Å². The first-order valence-corrected chi connectivity index (χ1v) is 3.53. The van der Waals surface area contributed by atoms with Crippen molar-refractivity contribution >= 4 is 0 Å². The second-order valence-corrected chi connectivity index (χ2v) is 3.17. The van der Waals surface area contributed by atoms with Crippen LogP contribution in [0.15, 0.2) is 0 Å². The number of hydrogen-bond acceptors (Lipinski definition) is 3. The van der Waals surface area contributed by atoms with Crippen molar-refractivity contribution in [3.05, 3.63) is 0 Å². The molecule has 0 aromatic heterocycles. The number of hydrogen-bond donors (Lipinski definition) is 2. The van der Waals surface area contributed by atoms with Gasteiger partial charge in [-0.1, -0.05) is 6.92 Å². The van der Waals surface area contributed by atoms with Crippen LogP contribution in [0, 0.1) is 5.92 Å². The highest BCUT2D eigenvalue weighted by atomic mass is 16.6. The summed E-state index contributed by atoms with van der Waals surface area (Å²) in [6.45, 7) is 3.93. The van der Waals surface area contributed by atoms with Crippen molar-refractivity contribution in [3.63, 3.8) is 0 Å². The van der Waals surface area contributed by atoms with Gasteiger partial charge in [0.15, 0.2) is 0 Å². The molecule has 1 saturated heterocycles. The van der Waals surface area contributed by atoms with E-state index >= 15 is 0 Å². The first-order chi connectivity index (χ1) is 4.64. The summed E-state index contributed by atoms with van der Waals surface area (Å²) in [7, 11) is 0. The van der Waals surface area contributed by atoms with Crippen molar-refractivity contribution in [3.8, 4) is 0 Å². The van der Waals surface area contributed by atoms with Gasteiger partial charge in [0, 0.05) is 12.5 Å². The number of ether oxygens (including phenoxy) is 1. The molecule has 0 bridgehead atoms. The summed E-state index contributed by atoms with van der Waals surface area (Å²) in [4.78, 5) is 0. The van der Waals surface area contributed by atoms with Gasteiger partial charge in [0.1, 0.15) is 5.60 Å². The van der Waals surface area contributed by atoms with E-state index in [9.17, 15) is 0 Å². The van der Waals surface area contributed by atoms with E-state index in [4.69, 9.17) is 14.9 Å². The second kappa shape index (κ2) is 2.49. The second-order valence-electron chi connectivity index (χ2n) is 3.17. The van der Waals surface area contributed by atoms with Crippen LogP contribution in [0.1, 0.15) is 13.8 Å². The number of aliphatic hydroxyl groups excluding tert-OH is 2. The maximum absolute atomic E-state index is 8.77. The van der Waals surface area contributed by atoms with Crippen LogP contribution >= 0.6 is 0 Å². The number of aliphatic hydroxyl groups is 2. The Balaban J connectivity index is 2.36. The van der Waals surface area contributed by atoms with Gasteiger partial charge >= 0.3 is 0 Å². The first kappa shape index (κ1) is 7.98. The smallest absolute Gasteiger partial charge is 0.115 e. The predicted molar refractivity (Wildman–Crippen MR) is 36.6 cm³/mol. The zero-order chi connectivity index (χ0) is 7.78. The Hall–Kier alpha value is -0.120. The van der Waals surface area contributed by atoms with Crippen LogP contribution in [0.25, 0.3) is 0 Å². The van der Waals surface area contributed by atoms with Gasteiger partial charge in [-0.3, -0.25) is 0 Å². The van der Waals surface area contributed by atoms with E-state index in [1.54, 1.807) is 0 Å². The van der Waals surface area contributed by atoms with Crippen LogP contribution in [-0.2, 0) is 4.74 Å². The predicted octanol–water partition coefficient (Wildman–Crippen LogP) is -0.235. The average Bonchev–Trinajstić information content (AvgIpc) is 2.62. The molecule has 3 unspecified atom stereocenters. The molecule has 1 rings (SSSR count). The minimum atomic E-state index is -0.373. The summed E-state index contributed by atoms with van der Waals surface area (Å²) < 4.78 is 5.20. The fourth-order valence-corrected chi connectivity index (χ4v) is 1.20. The minimum Gasteiger partial charge on any atom is -0.396 e. The van der Waals surface area contributed by atoms with E-state index in [0.717, 1.165) is 0 Å². The SMILES string of the molecule is CC(CO)C1OC1(C)CO. The molecule has 0 amide bonds. The number of rotatable bonds is 3. The number of epoxide rings is 1. The third-order valence-electron chi connectivity index (χ3n) is 2.06. The lowest BCUT2D eigenvalue weighted by Crippen LogP contribution is -2.21. The fourth-order valence-electron chi connectivity index (χ4n) is 1.20. The van der Waals surface area contributed by atoms with Gasteiger partial charge in [-0.05, 0) is 6.92 Å². The molecule has 2 N–H and O–H groups in total. The molecule has 0 radical (unpaired) electrons. The molecule has 0 aromatic carbocycles. The molecule has 10 heavy (non-hydrogen) atoms. The van der Waals surface area contributed by atoms with E-state index in [0.29, 0.717) is 0 Å². The molecular weight excluding hydrogens is 132 g/mol. The fraction of sp³-hybridized carbons (Fsp3) is 1.00. The largest absolute Gasteiger partial charge is 0.396 e. The zero-order valence-electron chi connectivity index (χ0n) is 6.37. The summed E-state index contributed by atoms with van der Waals surface area (Å²) in [6, 6.07) is 0. The van der Waals surface area contributed by atoms with Gasteiger partial charge in [0.2, 0.25) is 0 Å². The Morgan fingerprint density at radius 2 is 2.20 bits per heavy atom. The van der Waals surface area contributed by atoms with Gasteiger partial charge in [-0.2, -0.15) is 0 Å². The molecule has 1 aliphatic heterocycles. The molecule has 60 valence electrons. The first-order valence-electron chi connectivity index (χ1n) is 3.53. The summed E-state index contributed by atoms with van der Waals surface area (Å²) in [6.07, 6.45) is 0.0440. The van der Waals surface area contributed by atoms with E-state index in [1.807, 2.05) is 13.8 Å². The molecule has 3 heteroatoms. The summed E-state index contributed by atoms with van der Waals surface area (Å²) in [5.74, 6) is 0.136. The molecule has 0 aromatic rings. The monoisotopic (exact) mass is 146 g/mol. The molecule has 1 heterocycles. The van der Waals surface area contributed by atoms with Gasteiger partial charge < -0.3 is 14.9 Å². The Morgan fingerprint density at radius 1 is 1.60 bits per heavy atom. The van der Waals surface area contributed by atoms with Gasteiger partial charge in [0.25, 0.3) is 0 Å².